The van der Waals surface area contributed by atoms with Gasteiger partial charge in [0.25, 0.3) is 0 Å². The molecule has 0 spiro atoms. The molecule has 0 bridgehead atoms. The first-order valence-electron chi connectivity index (χ1n) is 3.98. The fourth-order valence-electron chi connectivity index (χ4n) is 0.702. The number of rotatable bonds is 2. The number of nitrogens with zero attached hydrogens (tertiary/aromatic N) is 1. The van der Waals surface area contributed by atoms with Crippen molar-refractivity contribution in [3.63, 3.8) is 0 Å². The van der Waals surface area contributed by atoms with Gasteiger partial charge in [-0.15, -0.1) is 0 Å². The van der Waals surface area contributed by atoms with Crippen molar-refractivity contribution in [2.75, 3.05) is 7.05 Å². The molecule has 0 aromatic rings. The minimum absolute atomic E-state index is 0.478. The van der Waals surface area contributed by atoms with E-state index in [-0.39, 0.29) is 0 Å². The summed E-state index contributed by atoms with van der Waals surface area (Å²) < 4.78 is 35.9. The molecular formula is C8H14F3NO. The Labute approximate surface area is 75.7 Å². The quantitative estimate of drug-likeness (QED) is 0.664. The molecule has 1 amide bonds. The van der Waals surface area contributed by atoms with Gasteiger partial charge in [-0.1, -0.05) is 6.92 Å². The van der Waals surface area contributed by atoms with Crippen molar-refractivity contribution in [3.8, 4) is 0 Å². The zero-order valence-corrected chi connectivity index (χ0v) is 8.20. The molecule has 0 aliphatic heterocycles. The zero-order chi connectivity index (χ0) is 10.9. The van der Waals surface area contributed by atoms with E-state index < -0.39 is 17.6 Å². The van der Waals surface area contributed by atoms with E-state index >= 15 is 0 Å². The van der Waals surface area contributed by atoms with E-state index in [0.717, 1.165) is 4.90 Å². The molecule has 0 unspecified atom stereocenters. The largest absolute Gasteiger partial charge is 0.471 e. The lowest BCUT2D eigenvalue weighted by Gasteiger charge is -2.35. The summed E-state index contributed by atoms with van der Waals surface area (Å²) in [5, 5.41) is 0. The Morgan fingerprint density at radius 2 is 1.69 bits per heavy atom. The maximum Gasteiger partial charge on any atom is 0.471 e. The van der Waals surface area contributed by atoms with Crippen LogP contribution in [0.5, 0.6) is 0 Å². The monoisotopic (exact) mass is 197 g/mol. The lowest BCUT2D eigenvalue weighted by Crippen LogP contribution is -2.49. The van der Waals surface area contributed by atoms with E-state index in [2.05, 4.69) is 0 Å². The van der Waals surface area contributed by atoms with Crippen molar-refractivity contribution in [1.82, 2.24) is 4.90 Å². The molecule has 0 rings (SSSR count). The number of carbonyl (C=O) groups excluding carboxylic acids is 1. The van der Waals surface area contributed by atoms with Gasteiger partial charge in [0.05, 0.1) is 0 Å². The predicted octanol–water partition coefficient (Wildman–Crippen LogP) is 2.20. The van der Waals surface area contributed by atoms with Crippen LogP contribution in [-0.4, -0.2) is 29.6 Å². The minimum atomic E-state index is -4.78. The topological polar surface area (TPSA) is 20.3 Å². The van der Waals surface area contributed by atoms with E-state index in [9.17, 15) is 18.0 Å². The predicted molar refractivity (Wildman–Crippen MR) is 43.2 cm³/mol. The second-order valence-corrected chi connectivity index (χ2v) is 3.53. The first-order valence-corrected chi connectivity index (χ1v) is 3.98. The fourth-order valence-corrected chi connectivity index (χ4v) is 0.702. The van der Waals surface area contributed by atoms with Crippen LogP contribution in [0.1, 0.15) is 27.2 Å². The third-order valence-electron chi connectivity index (χ3n) is 2.32. The Morgan fingerprint density at radius 3 is 1.92 bits per heavy atom. The number of hydrogen-bond donors (Lipinski definition) is 0. The SMILES string of the molecule is CCC(C)(C)N(C)C(=O)C(F)(F)F. The molecule has 0 fully saturated rings. The summed E-state index contributed by atoms with van der Waals surface area (Å²) in [6.07, 6.45) is -4.30. The molecule has 5 heteroatoms. The Balaban J connectivity index is 4.62. The van der Waals surface area contributed by atoms with Gasteiger partial charge in [-0.2, -0.15) is 13.2 Å². The summed E-state index contributed by atoms with van der Waals surface area (Å²) in [6, 6.07) is 0. The summed E-state index contributed by atoms with van der Waals surface area (Å²) in [5.74, 6) is -1.79. The molecule has 2 nitrogen and oxygen atoms in total. The Hall–Kier alpha value is -0.740. The second kappa shape index (κ2) is 3.55. The van der Waals surface area contributed by atoms with Crippen molar-refractivity contribution in [3.05, 3.63) is 0 Å². The number of carbonyl (C=O) groups is 1. The van der Waals surface area contributed by atoms with Crippen molar-refractivity contribution >= 4 is 5.91 Å². The molecule has 0 aromatic heterocycles. The van der Waals surface area contributed by atoms with Gasteiger partial charge in [0.15, 0.2) is 0 Å². The van der Waals surface area contributed by atoms with Crippen LogP contribution in [0.25, 0.3) is 0 Å². The van der Waals surface area contributed by atoms with Gasteiger partial charge in [-0.25, -0.2) is 0 Å². The summed E-state index contributed by atoms with van der Waals surface area (Å²) in [6.45, 7) is 4.92. The average molecular weight is 197 g/mol. The molecule has 0 heterocycles. The molecule has 0 saturated heterocycles. The van der Waals surface area contributed by atoms with Gasteiger partial charge in [-0.05, 0) is 20.3 Å². The highest BCUT2D eigenvalue weighted by atomic mass is 19.4. The van der Waals surface area contributed by atoms with Gasteiger partial charge in [0.2, 0.25) is 0 Å². The maximum absolute atomic E-state index is 12.0. The Bertz CT molecular complexity index is 198. The zero-order valence-electron chi connectivity index (χ0n) is 8.20. The van der Waals surface area contributed by atoms with E-state index in [1.165, 1.54) is 7.05 Å². The van der Waals surface area contributed by atoms with E-state index in [0.29, 0.717) is 6.42 Å². The third-order valence-corrected chi connectivity index (χ3v) is 2.32. The first-order chi connectivity index (χ1) is 5.63. The lowest BCUT2D eigenvalue weighted by molar-refractivity contribution is -0.189. The number of amides is 1. The lowest BCUT2D eigenvalue weighted by atomic mass is 10.00. The molecule has 0 atom stereocenters. The molecule has 0 saturated carbocycles. The van der Waals surface area contributed by atoms with Crippen LogP contribution in [0, 0.1) is 0 Å². The van der Waals surface area contributed by atoms with Gasteiger partial charge in [-0.3, -0.25) is 4.79 Å². The maximum atomic E-state index is 12.0. The number of alkyl halides is 3. The molecule has 0 aliphatic carbocycles. The van der Waals surface area contributed by atoms with Crippen LogP contribution in [0.15, 0.2) is 0 Å². The smallest absolute Gasteiger partial charge is 0.333 e. The summed E-state index contributed by atoms with van der Waals surface area (Å²) >= 11 is 0. The van der Waals surface area contributed by atoms with Gasteiger partial charge in [0, 0.05) is 12.6 Å². The highest BCUT2D eigenvalue weighted by Gasteiger charge is 2.44. The minimum Gasteiger partial charge on any atom is -0.333 e. The van der Waals surface area contributed by atoms with Crippen LogP contribution in [-0.2, 0) is 4.79 Å². The Morgan fingerprint density at radius 1 is 1.31 bits per heavy atom. The summed E-state index contributed by atoms with van der Waals surface area (Å²) in [7, 11) is 1.17. The summed E-state index contributed by atoms with van der Waals surface area (Å²) in [4.78, 5) is 11.5. The van der Waals surface area contributed by atoms with Crippen LogP contribution >= 0.6 is 0 Å². The Kier molecular flexibility index (Phi) is 3.35. The van der Waals surface area contributed by atoms with E-state index in [4.69, 9.17) is 0 Å². The van der Waals surface area contributed by atoms with Crippen LogP contribution in [0.3, 0.4) is 0 Å². The van der Waals surface area contributed by atoms with Gasteiger partial charge >= 0.3 is 12.1 Å². The molecule has 0 radical (unpaired) electrons. The fraction of sp³-hybridized carbons (Fsp3) is 0.875. The first kappa shape index (κ1) is 12.3. The highest BCUT2D eigenvalue weighted by Crippen LogP contribution is 2.24. The van der Waals surface area contributed by atoms with Crippen LogP contribution < -0.4 is 0 Å². The standard InChI is InChI=1S/C8H14F3NO/c1-5-7(2,3)12(4)6(13)8(9,10)11/h5H2,1-4H3. The number of hydrogen-bond acceptors (Lipinski definition) is 1. The average Bonchev–Trinajstić information content (AvgIpc) is 2.00. The normalized spacial score (nSPS) is 12.8. The second-order valence-electron chi connectivity index (χ2n) is 3.53. The molecule has 13 heavy (non-hydrogen) atoms. The number of halogens is 3. The van der Waals surface area contributed by atoms with E-state index in [1.807, 2.05) is 0 Å². The van der Waals surface area contributed by atoms with Gasteiger partial charge < -0.3 is 4.90 Å². The third kappa shape index (κ3) is 2.90. The van der Waals surface area contributed by atoms with Crippen LogP contribution in [0.4, 0.5) is 13.2 Å². The molecule has 0 aromatic carbocycles. The van der Waals surface area contributed by atoms with Crippen molar-refractivity contribution in [2.24, 2.45) is 0 Å². The van der Waals surface area contributed by atoms with Crippen molar-refractivity contribution in [1.29, 1.82) is 0 Å². The van der Waals surface area contributed by atoms with Crippen molar-refractivity contribution in [2.45, 2.75) is 38.9 Å². The highest BCUT2D eigenvalue weighted by molar-refractivity contribution is 5.82. The molecule has 0 N–H and O–H groups in total. The van der Waals surface area contributed by atoms with Crippen molar-refractivity contribution < 1.29 is 18.0 Å². The van der Waals surface area contributed by atoms with Crippen LogP contribution in [0.2, 0.25) is 0 Å². The molecular weight excluding hydrogens is 183 g/mol. The van der Waals surface area contributed by atoms with E-state index in [1.54, 1.807) is 20.8 Å². The summed E-state index contributed by atoms with van der Waals surface area (Å²) in [5.41, 5.74) is -0.757. The van der Waals surface area contributed by atoms with Gasteiger partial charge in [0.1, 0.15) is 0 Å². The molecule has 78 valence electrons. The molecule has 0 aliphatic rings.